The predicted molar refractivity (Wildman–Crippen MR) is 279 cm³/mol. The normalized spacial score (nSPS) is 13.2. The van der Waals surface area contributed by atoms with Crippen LogP contribution in [0.25, 0.3) is 139 Å². The Balaban J connectivity index is 0.940. The fraction of sp³-hybridized carbons (Fsp3) is 0. The van der Waals surface area contributed by atoms with Gasteiger partial charge in [0.05, 0.1) is 26.3 Å². The summed E-state index contributed by atoms with van der Waals surface area (Å²) in [5.41, 5.74) is 11.2. The van der Waals surface area contributed by atoms with E-state index >= 15 is 0 Å². The summed E-state index contributed by atoms with van der Waals surface area (Å²) in [7, 11) is 0. The monoisotopic (exact) mass is 890 g/mol. The molecule has 0 radical (unpaired) electrons. The van der Waals surface area contributed by atoms with Crippen molar-refractivity contribution >= 4 is 65.7 Å². The number of hydrogen-bond acceptors (Lipinski definition) is 6. The summed E-state index contributed by atoms with van der Waals surface area (Å²) in [6, 6.07) is 52.6. The Morgan fingerprint density at radius 1 is 0.377 bits per heavy atom. The number of nitrogens with zero attached hydrogens (tertiary/aromatic N) is 5. The van der Waals surface area contributed by atoms with Gasteiger partial charge in [-0.3, -0.25) is 4.98 Å². The lowest BCUT2D eigenvalue weighted by Gasteiger charge is -2.15. The van der Waals surface area contributed by atoms with Crippen molar-refractivity contribution in [2.75, 3.05) is 0 Å². The van der Waals surface area contributed by atoms with Crippen molar-refractivity contribution in [1.29, 1.82) is 0 Å². The fourth-order valence-electron chi connectivity index (χ4n) is 9.66. The van der Waals surface area contributed by atoms with E-state index in [9.17, 15) is 2.74 Å². The molecule has 0 spiro atoms. The molecule has 5 heterocycles. The Labute approximate surface area is 405 Å². The molecule has 0 saturated carbocycles. The van der Waals surface area contributed by atoms with E-state index in [1.165, 1.54) is 6.07 Å². The fourth-order valence-corrected chi connectivity index (χ4v) is 9.66. The van der Waals surface area contributed by atoms with Gasteiger partial charge in [0.25, 0.3) is 0 Å². The van der Waals surface area contributed by atoms with Gasteiger partial charge >= 0.3 is 0 Å². The third kappa shape index (κ3) is 6.36. The average Bonchev–Trinajstić information content (AvgIpc) is 4.30. The van der Waals surface area contributed by atoms with Crippen LogP contribution >= 0.6 is 0 Å². The standard InChI is InChI=1S/C62H37N5O2/c1-5-24-53-46(16-1)47-17-2-6-25-54(47)67(53)55-26-7-3-19-51(55)62-65-60(39-30-28-38(29-31-39)43-15-12-34-63-37-43)64-61(66-62)42-14-9-13-40(35-42)44-20-11-23-50-52-36-41(32-33-57(52)69-59(44)50)45-21-10-22-49-48-18-4-8-27-56(48)68-58(45)49/h1-37H/i1D,2D,5D,16D,17D,24D,25D. The first kappa shape index (κ1) is 32.3. The summed E-state index contributed by atoms with van der Waals surface area (Å²) < 4.78 is 77.1. The Morgan fingerprint density at radius 3 is 1.80 bits per heavy atom. The number of hydrogen-bond donors (Lipinski definition) is 0. The maximum absolute atomic E-state index is 9.22. The quantitative estimate of drug-likeness (QED) is 0.158. The van der Waals surface area contributed by atoms with Crippen molar-refractivity contribution in [3.63, 3.8) is 0 Å². The van der Waals surface area contributed by atoms with E-state index in [0.29, 0.717) is 34.0 Å². The SMILES string of the molecule is [2H]c1cc([2H])c2c(c1[2H])c1c([2H])c([2H])c([2H])c([2H])c1n2-c1ccccc1-c1nc(-c2ccc(-c3cccnc3)cc2)nc(-c2cccc(-c3cccc4c3oc3ccc(-c5cccc6c5oc5ccccc56)cc34)c2)n1. The van der Waals surface area contributed by atoms with Crippen molar-refractivity contribution in [3.05, 3.63) is 225 Å². The molecule has 0 N–H and O–H groups in total. The molecule has 0 aliphatic heterocycles. The molecule has 5 aromatic heterocycles. The van der Waals surface area contributed by atoms with Gasteiger partial charge in [0.1, 0.15) is 22.3 Å². The largest absolute Gasteiger partial charge is 0.455 e. The van der Waals surface area contributed by atoms with Crippen molar-refractivity contribution in [1.82, 2.24) is 24.5 Å². The number of furan rings is 2. The molecule has 322 valence electrons. The first-order valence-electron chi connectivity index (χ1n) is 25.9. The van der Waals surface area contributed by atoms with Gasteiger partial charge in [-0.25, -0.2) is 15.0 Å². The molecule has 0 fully saturated rings. The van der Waals surface area contributed by atoms with Crippen molar-refractivity contribution in [3.8, 4) is 73.2 Å². The smallest absolute Gasteiger partial charge is 0.166 e. The Hall–Kier alpha value is -9.46. The molecule has 7 heteroatoms. The van der Waals surface area contributed by atoms with E-state index in [1.54, 1.807) is 29.1 Å². The van der Waals surface area contributed by atoms with Crippen LogP contribution in [0.2, 0.25) is 0 Å². The minimum Gasteiger partial charge on any atom is -0.455 e. The highest BCUT2D eigenvalue weighted by molar-refractivity contribution is 6.13. The highest BCUT2D eigenvalue weighted by Gasteiger charge is 2.21. The number of fused-ring (bicyclic) bond motifs is 9. The van der Waals surface area contributed by atoms with E-state index in [4.69, 9.17) is 30.6 Å². The van der Waals surface area contributed by atoms with Crippen molar-refractivity contribution in [2.45, 2.75) is 0 Å². The lowest BCUT2D eigenvalue weighted by molar-refractivity contribution is 0.669. The second-order valence-electron chi connectivity index (χ2n) is 16.8. The Bertz CT molecular complexity index is 4740. The molecule has 7 nitrogen and oxygen atoms in total. The summed E-state index contributed by atoms with van der Waals surface area (Å²) in [5, 5.41) is 4.18. The van der Waals surface area contributed by atoms with Gasteiger partial charge in [0.2, 0.25) is 0 Å². The van der Waals surface area contributed by atoms with E-state index in [-0.39, 0.29) is 57.8 Å². The van der Waals surface area contributed by atoms with Gasteiger partial charge in [-0.2, -0.15) is 0 Å². The molecular weight excluding hydrogens is 847 g/mol. The van der Waals surface area contributed by atoms with Gasteiger partial charge in [0, 0.05) is 72.5 Å². The number of aromatic nitrogens is 5. The zero-order valence-corrected chi connectivity index (χ0v) is 36.4. The maximum atomic E-state index is 9.22. The zero-order chi connectivity index (χ0) is 51.5. The lowest BCUT2D eigenvalue weighted by atomic mass is 9.98. The topological polar surface area (TPSA) is 82.8 Å². The van der Waals surface area contributed by atoms with Crippen LogP contribution in [-0.2, 0) is 0 Å². The minimum absolute atomic E-state index is 0.0474. The first-order valence-corrected chi connectivity index (χ1v) is 22.4. The van der Waals surface area contributed by atoms with Gasteiger partial charge in [-0.05, 0) is 76.8 Å². The average molecular weight is 891 g/mol. The number of para-hydroxylation sites is 6. The molecule has 69 heavy (non-hydrogen) atoms. The summed E-state index contributed by atoms with van der Waals surface area (Å²) >= 11 is 0. The Morgan fingerprint density at radius 2 is 0.971 bits per heavy atom. The molecule has 0 aliphatic rings. The number of rotatable bonds is 7. The number of pyridine rings is 1. The van der Waals surface area contributed by atoms with Crippen LogP contribution in [0.3, 0.4) is 0 Å². The zero-order valence-electron chi connectivity index (χ0n) is 43.4. The van der Waals surface area contributed by atoms with Crippen molar-refractivity contribution in [2.24, 2.45) is 0 Å². The predicted octanol–water partition coefficient (Wildman–Crippen LogP) is 16.2. The molecular formula is C62H37N5O2. The second-order valence-corrected chi connectivity index (χ2v) is 16.8. The van der Waals surface area contributed by atoms with Crippen LogP contribution in [0.5, 0.6) is 0 Å². The number of benzene rings is 9. The van der Waals surface area contributed by atoms with Crippen LogP contribution in [0, 0.1) is 0 Å². The summed E-state index contributed by atoms with van der Waals surface area (Å²) in [6.07, 6.45) is 3.53. The minimum atomic E-state index is -0.478. The highest BCUT2D eigenvalue weighted by atomic mass is 16.3. The molecule has 14 aromatic rings. The molecule has 0 unspecified atom stereocenters. The Kier molecular flexibility index (Phi) is 7.28. The van der Waals surface area contributed by atoms with Gasteiger partial charge in [-0.15, -0.1) is 0 Å². The van der Waals surface area contributed by atoms with Crippen LogP contribution < -0.4 is 0 Å². The van der Waals surface area contributed by atoms with E-state index in [2.05, 4.69) is 47.4 Å². The van der Waals surface area contributed by atoms with Crippen LogP contribution in [0.1, 0.15) is 9.60 Å². The van der Waals surface area contributed by atoms with Crippen LogP contribution in [0.15, 0.2) is 233 Å². The molecule has 0 saturated heterocycles. The van der Waals surface area contributed by atoms with E-state index < -0.39 is 12.1 Å². The van der Waals surface area contributed by atoms with Crippen molar-refractivity contribution < 1.29 is 18.4 Å². The van der Waals surface area contributed by atoms with Gasteiger partial charge in [-0.1, -0.05) is 158 Å². The third-order valence-corrected chi connectivity index (χ3v) is 12.9. The summed E-state index contributed by atoms with van der Waals surface area (Å²) in [5.74, 6) is 0.965. The second kappa shape index (κ2) is 15.6. The molecule has 0 amide bonds. The van der Waals surface area contributed by atoms with Gasteiger partial charge in [0.15, 0.2) is 17.5 Å². The third-order valence-electron chi connectivity index (χ3n) is 12.9. The van der Waals surface area contributed by atoms with E-state index in [1.807, 2.05) is 109 Å². The molecule has 14 rings (SSSR count). The molecule has 9 aromatic carbocycles. The van der Waals surface area contributed by atoms with Crippen LogP contribution in [-0.4, -0.2) is 24.5 Å². The molecule has 0 bridgehead atoms. The highest BCUT2D eigenvalue weighted by Crippen LogP contribution is 2.42. The summed E-state index contributed by atoms with van der Waals surface area (Å²) in [6.45, 7) is 0. The maximum Gasteiger partial charge on any atom is 0.166 e. The lowest BCUT2D eigenvalue weighted by Crippen LogP contribution is -2.03. The molecule has 0 aliphatic carbocycles. The van der Waals surface area contributed by atoms with Crippen LogP contribution in [0.4, 0.5) is 0 Å². The van der Waals surface area contributed by atoms with E-state index in [0.717, 1.165) is 77.3 Å². The summed E-state index contributed by atoms with van der Waals surface area (Å²) in [4.78, 5) is 19.7. The first-order chi connectivity index (χ1) is 37.1. The van der Waals surface area contributed by atoms with Gasteiger partial charge < -0.3 is 13.4 Å². The molecule has 0 atom stereocenters.